The lowest BCUT2D eigenvalue weighted by Crippen LogP contribution is -2.30. The van der Waals surface area contributed by atoms with Crippen LogP contribution >= 0.6 is 0 Å². The molecule has 0 radical (unpaired) electrons. The Bertz CT molecular complexity index is 422. The van der Waals surface area contributed by atoms with Crippen molar-refractivity contribution in [3.63, 3.8) is 0 Å². The van der Waals surface area contributed by atoms with Crippen LogP contribution in [0.1, 0.15) is 39.2 Å². The van der Waals surface area contributed by atoms with E-state index in [4.69, 9.17) is 0 Å². The molecule has 0 saturated carbocycles. The largest absolute Gasteiger partial charge is 0.370 e. The third-order valence-electron chi connectivity index (χ3n) is 2.78. The zero-order chi connectivity index (χ0) is 14.8. The van der Waals surface area contributed by atoms with E-state index in [2.05, 4.69) is 32.8 Å². The standard InChI is InChI=1S/C14H25N5O/c1-4-7-11-13(15-6-3)18-10-19-14(11)17-9-12(20)16-8-5-2/h10H,4-9H2,1-3H3,(H,16,20)(H2,15,17,18,19). The predicted octanol–water partition coefficient (Wildman–Crippen LogP) is 1.80. The molecule has 112 valence electrons. The Labute approximate surface area is 120 Å². The fourth-order valence-corrected chi connectivity index (χ4v) is 1.86. The van der Waals surface area contributed by atoms with Crippen molar-refractivity contribution in [1.82, 2.24) is 15.3 Å². The summed E-state index contributed by atoms with van der Waals surface area (Å²) in [6.45, 7) is 7.92. The van der Waals surface area contributed by atoms with Gasteiger partial charge in [0.25, 0.3) is 0 Å². The first-order chi connectivity index (χ1) is 9.72. The maximum absolute atomic E-state index is 11.6. The van der Waals surface area contributed by atoms with Gasteiger partial charge in [0.2, 0.25) is 5.91 Å². The van der Waals surface area contributed by atoms with E-state index in [1.165, 1.54) is 6.33 Å². The molecule has 3 N–H and O–H groups in total. The lowest BCUT2D eigenvalue weighted by molar-refractivity contribution is -0.119. The van der Waals surface area contributed by atoms with Crippen molar-refractivity contribution in [2.45, 2.75) is 40.0 Å². The lowest BCUT2D eigenvalue weighted by Gasteiger charge is -2.14. The summed E-state index contributed by atoms with van der Waals surface area (Å²) in [5, 5.41) is 9.17. The van der Waals surface area contributed by atoms with Crippen molar-refractivity contribution >= 4 is 17.5 Å². The van der Waals surface area contributed by atoms with Crippen molar-refractivity contribution in [3.05, 3.63) is 11.9 Å². The number of hydrogen-bond donors (Lipinski definition) is 3. The normalized spacial score (nSPS) is 10.2. The molecule has 0 unspecified atom stereocenters. The van der Waals surface area contributed by atoms with Crippen molar-refractivity contribution in [3.8, 4) is 0 Å². The number of nitrogens with zero attached hydrogens (tertiary/aromatic N) is 2. The molecule has 6 heteroatoms. The highest BCUT2D eigenvalue weighted by Gasteiger charge is 2.11. The number of amides is 1. The molecule has 0 bridgehead atoms. The third-order valence-corrected chi connectivity index (χ3v) is 2.78. The first kappa shape index (κ1) is 16.2. The van der Waals surface area contributed by atoms with Gasteiger partial charge in [0.05, 0.1) is 6.54 Å². The molecular weight excluding hydrogens is 254 g/mol. The first-order valence-corrected chi connectivity index (χ1v) is 7.31. The Balaban J connectivity index is 2.72. The molecule has 1 rings (SSSR count). The second-order valence-corrected chi connectivity index (χ2v) is 4.53. The van der Waals surface area contributed by atoms with Crippen LogP contribution in [0.2, 0.25) is 0 Å². The summed E-state index contributed by atoms with van der Waals surface area (Å²) < 4.78 is 0. The van der Waals surface area contributed by atoms with Crippen LogP contribution in [-0.4, -0.2) is 35.5 Å². The molecule has 0 spiro atoms. The van der Waals surface area contributed by atoms with Gasteiger partial charge in [-0.3, -0.25) is 4.79 Å². The fraction of sp³-hybridized carbons (Fsp3) is 0.643. The van der Waals surface area contributed by atoms with E-state index in [0.29, 0.717) is 6.54 Å². The monoisotopic (exact) mass is 279 g/mol. The second kappa shape index (κ2) is 9.12. The van der Waals surface area contributed by atoms with Crippen LogP contribution in [0, 0.1) is 0 Å². The summed E-state index contributed by atoms with van der Waals surface area (Å²) in [6.07, 6.45) is 4.33. The van der Waals surface area contributed by atoms with Gasteiger partial charge in [0.1, 0.15) is 18.0 Å². The Kier molecular flexibility index (Phi) is 7.39. The Morgan fingerprint density at radius 1 is 1.10 bits per heavy atom. The molecule has 0 fully saturated rings. The number of rotatable bonds is 9. The van der Waals surface area contributed by atoms with Crippen molar-refractivity contribution < 1.29 is 4.79 Å². The second-order valence-electron chi connectivity index (χ2n) is 4.53. The van der Waals surface area contributed by atoms with Gasteiger partial charge in [-0.05, 0) is 19.8 Å². The molecule has 0 aliphatic carbocycles. The SMILES string of the molecule is CCCNC(=O)CNc1ncnc(NCC)c1CCC. The van der Waals surface area contributed by atoms with Gasteiger partial charge in [0, 0.05) is 18.7 Å². The summed E-state index contributed by atoms with van der Waals surface area (Å²) in [7, 11) is 0. The van der Waals surface area contributed by atoms with Gasteiger partial charge in [0.15, 0.2) is 0 Å². The fourth-order valence-electron chi connectivity index (χ4n) is 1.86. The minimum Gasteiger partial charge on any atom is -0.370 e. The van der Waals surface area contributed by atoms with Crippen molar-refractivity contribution in [2.75, 3.05) is 30.3 Å². The van der Waals surface area contributed by atoms with Crippen LogP contribution < -0.4 is 16.0 Å². The molecular formula is C14H25N5O. The number of anilines is 2. The molecule has 0 saturated heterocycles. The Morgan fingerprint density at radius 3 is 2.40 bits per heavy atom. The van der Waals surface area contributed by atoms with Crippen molar-refractivity contribution in [1.29, 1.82) is 0 Å². The highest BCUT2D eigenvalue weighted by molar-refractivity contribution is 5.80. The van der Waals surface area contributed by atoms with E-state index < -0.39 is 0 Å². The highest BCUT2D eigenvalue weighted by atomic mass is 16.1. The van der Waals surface area contributed by atoms with E-state index >= 15 is 0 Å². The Morgan fingerprint density at radius 2 is 1.80 bits per heavy atom. The van der Waals surface area contributed by atoms with E-state index in [1.54, 1.807) is 0 Å². The molecule has 1 aromatic heterocycles. The summed E-state index contributed by atoms with van der Waals surface area (Å²) in [4.78, 5) is 20.1. The van der Waals surface area contributed by atoms with Crippen LogP contribution in [0.3, 0.4) is 0 Å². The van der Waals surface area contributed by atoms with E-state index in [0.717, 1.165) is 43.0 Å². The molecule has 1 aromatic rings. The van der Waals surface area contributed by atoms with Crippen LogP contribution in [0.5, 0.6) is 0 Å². The van der Waals surface area contributed by atoms with E-state index in [9.17, 15) is 4.79 Å². The summed E-state index contributed by atoms with van der Waals surface area (Å²) >= 11 is 0. The molecule has 1 amide bonds. The summed E-state index contributed by atoms with van der Waals surface area (Å²) in [6, 6.07) is 0. The third kappa shape index (κ3) is 5.03. The predicted molar refractivity (Wildman–Crippen MR) is 82.0 cm³/mol. The van der Waals surface area contributed by atoms with Gasteiger partial charge in [-0.2, -0.15) is 0 Å². The molecule has 20 heavy (non-hydrogen) atoms. The molecule has 0 atom stereocenters. The van der Waals surface area contributed by atoms with Gasteiger partial charge in [-0.1, -0.05) is 20.3 Å². The summed E-state index contributed by atoms with van der Waals surface area (Å²) in [5.41, 5.74) is 1.04. The maximum Gasteiger partial charge on any atom is 0.239 e. The maximum atomic E-state index is 11.6. The van der Waals surface area contributed by atoms with Crippen LogP contribution in [-0.2, 0) is 11.2 Å². The van der Waals surface area contributed by atoms with E-state index in [1.807, 2.05) is 13.8 Å². The molecule has 0 aliphatic heterocycles. The van der Waals surface area contributed by atoms with Crippen LogP contribution in [0.25, 0.3) is 0 Å². The number of carbonyl (C=O) groups excluding carboxylic acids is 1. The molecule has 6 nitrogen and oxygen atoms in total. The molecule has 1 heterocycles. The lowest BCUT2D eigenvalue weighted by atomic mass is 10.1. The first-order valence-electron chi connectivity index (χ1n) is 7.31. The number of carbonyl (C=O) groups is 1. The average molecular weight is 279 g/mol. The quantitative estimate of drug-likeness (QED) is 0.642. The number of hydrogen-bond acceptors (Lipinski definition) is 5. The average Bonchev–Trinajstić information content (AvgIpc) is 2.45. The summed E-state index contributed by atoms with van der Waals surface area (Å²) in [5.74, 6) is 1.57. The highest BCUT2D eigenvalue weighted by Crippen LogP contribution is 2.21. The topological polar surface area (TPSA) is 78.9 Å². The van der Waals surface area contributed by atoms with E-state index in [-0.39, 0.29) is 12.5 Å². The van der Waals surface area contributed by atoms with Gasteiger partial charge in [-0.15, -0.1) is 0 Å². The zero-order valence-corrected chi connectivity index (χ0v) is 12.6. The van der Waals surface area contributed by atoms with Crippen molar-refractivity contribution in [2.24, 2.45) is 0 Å². The zero-order valence-electron chi connectivity index (χ0n) is 12.6. The number of nitrogens with one attached hydrogen (secondary N) is 3. The molecule has 0 aromatic carbocycles. The number of aromatic nitrogens is 2. The minimum atomic E-state index is -0.0158. The minimum absolute atomic E-state index is 0.0158. The van der Waals surface area contributed by atoms with Gasteiger partial charge in [-0.25, -0.2) is 9.97 Å². The van der Waals surface area contributed by atoms with Gasteiger partial charge >= 0.3 is 0 Å². The smallest absolute Gasteiger partial charge is 0.239 e. The van der Waals surface area contributed by atoms with Crippen LogP contribution in [0.4, 0.5) is 11.6 Å². The van der Waals surface area contributed by atoms with Gasteiger partial charge < -0.3 is 16.0 Å². The Hall–Kier alpha value is -1.85. The van der Waals surface area contributed by atoms with Crippen LogP contribution in [0.15, 0.2) is 6.33 Å². The molecule has 0 aliphatic rings.